The molecule has 0 aliphatic rings. The van der Waals surface area contributed by atoms with E-state index in [0.717, 1.165) is 16.6 Å². The molecule has 4 nitrogen and oxygen atoms in total. The first-order valence-corrected chi connectivity index (χ1v) is 7.05. The molecule has 0 spiro atoms. The number of pyridine rings is 1. The highest BCUT2D eigenvalue weighted by Crippen LogP contribution is 2.20. The molecule has 21 heavy (non-hydrogen) atoms. The van der Waals surface area contributed by atoms with Crippen LogP contribution in [0.3, 0.4) is 0 Å². The van der Waals surface area contributed by atoms with Gasteiger partial charge in [-0.3, -0.25) is 9.78 Å². The van der Waals surface area contributed by atoms with Gasteiger partial charge in [0.1, 0.15) is 0 Å². The number of aromatic nitrogens is 2. The Kier molecular flexibility index (Phi) is 3.69. The Morgan fingerprint density at radius 1 is 1.19 bits per heavy atom. The maximum Gasteiger partial charge on any atom is 0.256 e. The summed E-state index contributed by atoms with van der Waals surface area (Å²) in [5.41, 5.74) is 2.59. The van der Waals surface area contributed by atoms with Crippen molar-refractivity contribution >= 4 is 16.8 Å². The molecule has 0 radical (unpaired) electrons. The van der Waals surface area contributed by atoms with E-state index in [2.05, 4.69) is 9.97 Å². The number of carbonyl (C=O) groups is 1. The summed E-state index contributed by atoms with van der Waals surface area (Å²) in [6.45, 7) is 3.15. The highest BCUT2D eigenvalue weighted by molar-refractivity contribution is 6.06. The number of nitrogens with zero attached hydrogens (tertiary/aromatic N) is 2. The van der Waals surface area contributed by atoms with Crippen LogP contribution in [0.25, 0.3) is 10.9 Å². The van der Waals surface area contributed by atoms with Crippen molar-refractivity contribution < 1.29 is 4.79 Å². The predicted molar refractivity (Wildman–Crippen MR) is 83.0 cm³/mol. The number of benzene rings is 1. The Balaban J connectivity index is 1.88. The van der Waals surface area contributed by atoms with E-state index in [1.165, 1.54) is 0 Å². The van der Waals surface area contributed by atoms with E-state index >= 15 is 0 Å². The standard InChI is InChI=1S/C17H17N3O/c1-2-20(12-13-7-5-6-10-18-13)17(21)15-11-19-16-9-4-3-8-14(15)16/h3-11,19H,2,12H2,1H3. The highest BCUT2D eigenvalue weighted by Gasteiger charge is 2.18. The lowest BCUT2D eigenvalue weighted by molar-refractivity contribution is 0.0752. The van der Waals surface area contributed by atoms with Crippen LogP contribution in [0.4, 0.5) is 0 Å². The van der Waals surface area contributed by atoms with Crippen molar-refractivity contribution in [3.8, 4) is 0 Å². The number of fused-ring (bicyclic) bond motifs is 1. The molecule has 0 saturated carbocycles. The second kappa shape index (κ2) is 5.79. The highest BCUT2D eigenvalue weighted by atomic mass is 16.2. The Labute approximate surface area is 123 Å². The monoisotopic (exact) mass is 279 g/mol. The molecule has 0 bridgehead atoms. The molecule has 4 heteroatoms. The molecule has 2 heterocycles. The normalized spacial score (nSPS) is 10.7. The lowest BCUT2D eigenvalue weighted by atomic mass is 10.1. The van der Waals surface area contributed by atoms with Gasteiger partial charge < -0.3 is 9.88 Å². The van der Waals surface area contributed by atoms with Crippen LogP contribution in [-0.2, 0) is 6.54 Å². The maximum absolute atomic E-state index is 12.7. The molecule has 0 saturated heterocycles. The smallest absolute Gasteiger partial charge is 0.256 e. The summed E-state index contributed by atoms with van der Waals surface area (Å²) >= 11 is 0. The van der Waals surface area contributed by atoms with E-state index in [1.807, 2.05) is 49.4 Å². The Morgan fingerprint density at radius 3 is 2.76 bits per heavy atom. The quantitative estimate of drug-likeness (QED) is 0.797. The number of hydrogen-bond donors (Lipinski definition) is 1. The van der Waals surface area contributed by atoms with Crippen molar-refractivity contribution in [2.75, 3.05) is 6.54 Å². The Bertz CT molecular complexity index is 749. The van der Waals surface area contributed by atoms with E-state index in [4.69, 9.17) is 0 Å². The number of rotatable bonds is 4. The maximum atomic E-state index is 12.7. The minimum Gasteiger partial charge on any atom is -0.360 e. The van der Waals surface area contributed by atoms with Crippen LogP contribution in [0.2, 0.25) is 0 Å². The molecule has 3 rings (SSSR count). The number of H-pyrrole nitrogens is 1. The first-order valence-electron chi connectivity index (χ1n) is 7.05. The lowest BCUT2D eigenvalue weighted by Gasteiger charge is -2.20. The van der Waals surface area contributed by atoms with Gasteiger partial charge in [-0.25, -0.2) is 0 Å². The minimum atomic E-state index is 0.0283. The SMILES string of the molecule is CCN(Cc1ccccn1)C(=O)c1c[nH]c2ccccc12. The van der Waals surface area contributed by atoms with Gasteiger partial charge in [-0.2, -0.15) is 0 Å². The van der Waals surface area contributed by atoms with Crippen LogP contribution in [0, 0.1) is 0 Å². The molecule has 1 aromatic carbocycles. The van der Waals surface area contributed by atoms with E-state index in [0.29, 0.717) is 18.7 Å². The van der Waals surface area contributed by atoms with Crippen LogP contribution in [-0.4, -0.2) is 27.3 Å². The average molecular weight is 279 g/mol. The van der Waals surface area contributed by atoms with Gasteiger partial charge in [-0.05, 0) is 25.1 Å². The van der Waals surface area contributed by atoms with Gasteiger partial charge in [-0.15, -0.1) is 0 Å². The van der Waals surface area contributed by atoms with Gasteiger partial charge in [0.25, 0.3) is 5.91 Å². The van der Waals surface area contributed by atoms with Crippen LogP contribution < -0.4 is 0 Å². The summed E-state index contributed by atoms with van der Waals surface area (Å²) in [7, 11) is 0. The lowest BCUT2D eigenvalue weighted by Crippen LogP contribution is -2.30. The number of carbonyl (C=O) groups excluding carboxylic acids is 1. The first-order chi connectivity index (χ1) is 10.3. The second-order valence-corrected chi connectivity index (χ2v) is 4.89. The third-order valence-electron chi connectivity index (χ3n) is 3.57. The molecular weight excluding hydrogens is 262 g/mol. The number of para-hydroxylation sites is 1. The van der Waals surface area contributed by atoms with Crippen molar-refractivity contribution in [1.29, 1.82) is 0 Å². The van der Waals surface area contributed by atoms with E-state index in [-0.39, 0.29) is 5.91 Å². The summed E-state index contributed by atoms with van der Waals surface area (Å²) in [6.07, 6.45) is 3.54. The van der Waals surface area contributed by atoms with Gasteiger partial charge in [0.15, 0.2) is 0 Å². The van der Waals surface area contributed by atoms with Crippen molar-refractivity contribution in [1.82, 2.24) is 14.9 Å². The molecule has 1 amide bonds. The summed E-state index contributed by atoms with van der Waals surface area (Å²) in [5.74, 6) is 0.0283. The van der Waals surface area contributed by atoms with Crippen LogP contribution in [0.1, 0.15) is 23.0 Å². The molecule has 3 aromatic rings. The summed E-state index contributed by atoms with van der Waals surface area (Å²) in [5, 5.41) is 0.960. The summed E-state index contributed by atoms with van der Waals surface area (Å²) < 4.78 is 0. The largest absolute Gasteiger partial charge is 0.360 e. The van der Waals surface area contributed by atoms with E-state index in [1.54, 1.807) is 17.3 Å². The zero-order valence-corrected chi connectivity index (χ0v) is 11.9. The number of amides is 1. The molecular formula is C17H17N3O. The Hall–Kier alpha value is -2.62. The minimum absolute atomic E-state index is 0.0283. The van der Waals surface area contributed by atoms with Crippen LogP contribution >= 0.6 is 0 Å². The molecule has 2 aromatic heterocycles. The van der Waals surface area contributed by atoms with Crippen molar-refractivity contribution in [2.45, 2.75) is 13.5 Å². The fourth-order valence-corrected chi connectivity index (χ4v) is 2.43. The second-order valence-electron chi connectivity index (χ2n) is 4.89. The fourth-order valence-electron chi connectivity index (χ4n) is 2.43. The summed E-state index contributed by atoms with van der Waals surface area (Å²) in [4.78, 5) is 22.0. The summed E-state index contributed by atoms with van der Waals surface area (Å²) in [6, 6.07) is 13.6. The Morgan fingerprint density at radius 2 is 2.00 bits per heavy atom. The zero-order chi connectivity index (χ0) is 14.7. The third kappa shape index (κ3) is 2.65. The first kappa shape index (κ1) is 13.4. The van der Waals surface area contributed by atoms with Crippen LogP contribution in [0.15, 0.2) is 54.9 Å². The fraction of sp³-hybridized carbons (Fsp3) is 0.176. The van der Waals surface area contributed by atoms with Crippen molar-refractivity contribution in [3.05, 3.63) is 66.1 Å². The number of hydrogen-bond acceptors (Lipinski definition) is 2. The molecule has 0 aliphatic heterocycles. The third-order valence-corrected chi connectivity index (χ3v) is 3.57. The van der Waals surface area contributed by atoms with E-state index < -0.39 is 0 Å². The van der Waals surface area contributed by atoms with Gasteiger partial charge in [-0.1, -0.05) is 24.3 Å². The van der Waals surface area contributed by atoms with Gasteiger partial charge in [0, 0.05) is 29.8 Å². The molecule has 106 valence electrons. The predicted octanol–water partition coefficient (Wildman–Crippen LogP) is 3.23. The topological polar surface area (TPSA) is 49.0 Å². The molecule has 0 fully saturated rings. The zero-order valence-electron chi connectivity index (χ0n) is 11.9. The van der Waals surface area contributed by atoms with Crippen molar-refractivity contribution in [2.24, 2.45) is 0 Å². The molecule has 0 atom stereocenters. The molecule has 1 N–H and O–H groups in total. The number of aromatic amines is 1. The molecule has 0 aliphatic carbocycles. The van der Waals surface area contributed by atoms with E-state index in [9.17, 15) is 4.79 Å². The van der Waals surface area contributed by atoms with Crippen LogP contribution in [0.5, 0.6) is 0 Å². The van der Waals surface area contributed by atoms with Gasteiger partial charge in [0.2, 0.25) is 0 Å². The van der Waals surface area contributed by atoms with Crippen molar-refractivity contribution in [3.63, 3.8) is 0 Å². The van der Waals surface area contributed by atoms with Gasteiger partial charge in [0.05, 0.1) is 17.8 Å². The van der Waals surface area contributed by atoms with Gasteiger partial charge >= 0.3 is 0 Å². The molecule has 0 unspecified atom stereocenters. The average Bonchev–Trinajstić information content (AvgIpc) is 2.97. The number of nitrogens with one attached hydrogen (secondary N) is 1.